The van der Waals surface area contributed by atoms with E-state index in [1.165, 1.54) is 47.2 Å². The summed E-state index contributed by atoms with van der Waals surface area (Å²) in [6.07, 6.45) is 4.29. The third-order valence-corrected chi connectivity index (χ3v) is 5.32. The van der Waals surface area contributed by atoms with Crippen LogP contribution in [0.5, 0.6) is 0 Å². The number of aryl methyl sites for hydroxylation is 1. The predicted octanol–water partition coefficient (Wildman–Crippen LogP) is 5.34. The van der Waals surface area contributed by atoms with E-state index in [-0.39, 0.29) is 0 Å². The maximum atomic E-state index is 4.85. The molecule has 0 aliphatic heterocycles. The first kappa shape index (κ1) is 22.0. The topological polar surface area (TPSA) is 41.0 Å². The number of anilines is 1. The van der Waals surface area contributed by atoms with Crippen LogP contribution in [-0.2, 0) is 12.8 Å². The van der Waals surface area contributed by atoms with Crippen molar-refractivity contribution in [3.63, 3.8) is 0 Å². The number of unbranched alkanes of at least 4 members (excludes halogenated alkanes) is 1. The molecule has 0 fully saturated rings. The smallest absolute Gasteiger partial charge is 0.137 e. The van der Waals surface area contributed by atoms with Gasteiger partial charge in [0.15, 0.2) is 0 Å². The highest BCUT2D eigenvalue weighted by molar-refractivity contribution is 5.84. The summed E-state index contributed by atoms with van der Waals surface area (Å²) in [6, 6.07) is 17.0. The molecule has 3 aromatic rings. The van der Waals surface area contributed by atoms with Crippen molar-refractivity contribution in [2.45, 2.75) is 39.5 Å². The molecule has 30 heavy (non-hydrogen) atoms. The summed E-state index contributed by atoms with van der Waals surface area (Å²) in [6.45, 7) is 5.58. The molecule has 0 unspecified atom stereocenters. The van der Waals surface area contributed by atoms with Gasteiger partial charge in [-0.3, -0.25) is 0 Å². The van der Waals surface area contributed by atoms with Crippen molar-refractivity contribution in [2.24, 2.45) is 0 Å². The van der Waals surface area contributed by atoms with Gasteiger partial charge in [-0.05, 0) is 50.7 Å². The molecular formula is C26H34N4. The molecule has 0 radical (unpaired) electrons. The number of nitrogens with zero attached hydrogens (tertiary/aromatic N) is 3. The van der Waals surface area contributed by atoms with E-state index in [0.717, 1.165) is 30.2 Å². The van der Waals surface area contributed by atoms with E-state index in [4.69, 9.17) is 9.97 Å². The van der Waals surface area contributed by atoms with Gasteiger partial charge >= 0.3 is 0 Å². The largest absolute Gasteiger partial charge is 0.373 e. The minimum atomic E-state index is 0.762. The quantitative estimate of drug-likeness (QED) is 0.473. The Balaban J connectivity index is 0.000000318. The van der Waals surface area contributed by atoms with Gasteiger partial charge in [0.05, 0.1) is 5.69 Å². The zero-order valence-corrected chi connectivity index (χ0v) is 19.0. The molecule has 2 aromatic carbocycles. The zero-order chi connectivity index (χ0) is 21.5. The number of hydrogen-bond acceptors (Lipinski definition) is 4. The third kappa shape index (κ3) is 5.45. The van der Waals surface area contributed by atoms with E-state index in [1.54, 1.807) is 0 Å². The Morgan fingerprint density at radius 3 is 2.43 bits per heavy atom. The Hall–Kier alpha value is -2.72. The van der Waals surface area contributed by atoms with Gasteiger partial charge in [-0.2, -0.15) is 0 Å². The lowest BCUT2D eigenvalue weighted by atomic mass is 10.0. The molecule has 4 nitrogen and oxygen atoms in total. The van der Waals surface area contributed by atoms with E-state index in [9.17, 15) is 0 Å². The Labute approximate surface area is 181 Å². The van der Waals surface area contributed by atoms with Crippen LogP contribution in [-0.4, -0.2) is 42.6 Å². The van der Waals surface area contributed by atoms with Crippen molar-refractivity contribution in [1.82, 2.24) is 14.9 Å². The first-order valence-electron chi connectivity index (χ1n) is 10.9. The fourth-order valence-electron chi connectivity index (χ4n) is 3.78. The van der Waals surface area contributed by atoms with Crippen molar-refractivity contribution in [2.75, 3.05) is 33.0 Å². The lowest BCUT2D eigenvalue weighted by Crippen LogP contribution is -2.12. The van der Waals surface area contributed by atoms with E-state index in [0.29, 0.717) is 0 Å². The number of benzene rings is 2. The fraction of sp³-hybridized carbons (Fsp3) is 0.385. The minimum Gasteiger partial charge on any atom is -0.373 e. The summed E-state index contributed by atoms with van der Waals surface area (Å²) in [4.78, 5) is 11.8. The molecule has 0 spiro atoms. The van der Waals surface area contributed by atoms with Crippen molar-refractivity contribution in [1.29, 1.82) is 0 Å². The van der Waals surface area contributed by atoms with E-state index in [2.05, 4.69) is 80.6 Å². The minimum absolute atomic E-state index is 0.762. The van der Waals surface area contributed by atoms with E-state index < -0.39 is 0 Å². The van der Waals surface area contributed by atoms with Gasteiger partial charge in [0.25, 0.3) is 0 Å². The zero-order valence-electron chi connectivity index (χ0n) is 19.0. The number of rotatable bonds is 6. The van der Waals surface area contributed by atoms with Crippen LogP contribution >= 0.6 is 0 Å². The summed E-state index contributed by atoms with van der Waals surface area (Å²) in [5.74, 6) is 1.81. The second-order valence-corrected chi connectivity index (χ2v) is 8.22. The molecule has 1 N–H and O–H groups in total. The number of hydrogen-bond donors (Lipinski definition) is 1. The highest BCUT2D eigenvalue weighted by atomic mass is 15.0. The van der Waals surface area contributed by atoms with Crippen LogP contribution in [0.25, 0.3) is 11.1 Å². The van der Waals surface area contributed by atoms with Crippen LogP contribution in [0.2, 0.25) is 0 Å². The number of aromatic nitrogens is 2. The first-order chi connectivity index (χ1) is 14.5. The van der Waals surface area contributed by atoms with Gasteiger partial charge in [-0.1, -0.05) is 67.4 Å². The van der Waals surface area contributed by atoms with Crippen LogP contribution in [0.1, 0.15) is 48.0 Å². The third-order valence-electron chi connectivity index (χ3n) is 5.32. The molecule has 0 atom stereocenters. The Morgan fingerprint density at radius 2 is 1.80 bits per heavy atom. The summed E-state index contributed by atoms with van der Waals surface area (Å²) >= 11 is 0. The fourth-order valence-corrected chi connectivity index (χ4v) is 3.78. The summed E-state index contributed by atoms with van der Waals surface area (Å²) < 4.78 is 0. The SMILES string of the molecule is CCCCN(C)C.CNc1nc(Cc2ccccc2)nc2c1-c1ccc(C)cc1C2. The average Bonchev–Trinajstić information content (AvgIpc) is 3.10. The van der Waals surface area contributed by atoms with Gasteiger partial charge in [0.2, 0.25) is 0 Å². The number of fused-ring (bicyclic) bond motifs is 3. The first-order valence-corrected chi connectivity index (χ1v) is 10.9. The molecule has 0 amide bonds. The number of nitrogens with one attached hydrogen (secondary N) is 1. The van der Waals surface area contributed by atoms with Gasteiger partial charge in [0.1, 0.15) is 11.6 Å². The molecule has 0 bridgehead atoms. The molecule has 1 heterocycles. The van der Waals surface area contributed by atoms with Crippen LogP contribution < -0.4 is 5.32 Å². The maximum Gasteiger partial charge on any atom is 0.137 e. The standard InChI is InChI=1S/C20H19N3.C6H15N/c1-13-8-9-16-15(10-13)12-17-19(16)20(21-2)23-18(22-17)11-14-6-4-3-5-7-14;1-4-5-6-7(2)3/h3-10H,11-12H2,1-2H3,(H,21,22,23);4-6H2,1-3H3. The molecule has 1 aromatic heterocycles. The average molecular weight is 403 g/mol. The van der Waals surface area contributed by atoms with Gasteiger partial charge in [-0.15, -0.1) is 0 Å². The Kier molecular flexibility index (Phi) is 7.58. The van der Waals surface area contributed by atoms with Crippen LogP contribution in [0.15, 0.2) is 48.5 Å². The lowest BCUT2D eigenvalue weighted by molar-refractivity contribution is 0.398. The van der Waals surface area contributed by atoms with Crippen LogP contribution in [0.3, 0.4) is 0 Å². The van der Waals surface area contributed by atoms with Gasteiger partial charge in [-0.25, -0.2) is 9.97 Å². The summed E-state index contributed by atoms with van der Waals surface area (Å²) in [5, 5.41) is 3.26. The molecule has 0 saturated carbocycles. The Bertz CT molecular complexity index is 964. The normalized spacial score (nSPS) is 11.5. The highest BCUT2D eigenvalue weighted by Crippen LogP contribution is 2.40. The van der Waals surface area contributed by atoms with Gasteiger partial charge in [0, 0.05) is 25.5 Å². The Morgan fingerprint density at radius 1 is 1.03 bits per heavy atom. The van der Waals surface area contributed by atoms with Crippen LogP contribution in [0, 0.1) is 6.92 Å². The van der Waals surface area contributed by atoms with Crippen molar-refractivity contribution in [3.8, 4) is 11.1 Å². The molecule has 158 valence electrons. The second-order valence-electron chi connectivity index (χ2n) is 8.22. The molecule has 1 aliphatic carbocycles. The molecular weight excluding hydrogens is 368 g/mol. The molecule has 4 heteroatoms. The summed E-state index contributed by atoms with van der Waals surface area (Å²) in [5.41, 5.74) is 7.44. The highest BCUT2D eigenvalue weighted by Gasteiger charge is 2.24. The van der Waals surface area contributed by atoms with Gasteiger partial charge < -0.3 is 10.2 Å². The van der Waals surface area contributed by atoms with E-state index in [1.807, 2.05) is 13.1 Å². The van der Waals surface area contributed by atoms with Crippen LogP contribution in [0.4, 0.5) is 5.82 Å². The van der Waals surface area contributed by atoms with E-state index >= 15 is 0 Å². The maximum absolute atomic E-state index is 4.85. The van der Waals surface area contributed by atoms with Crippen molar-refractivity contribution < 1.29 is 0 Å². The summed E-state index contributed by atoms with van der Waals surface area (Å²) in [7, 11) is 6.15. The monoisotopic (exact) mass is 402 g/mol. The molecule has 1 aliphatic rings. The van der Waals surface area contributed by atoms with Crippen molar-refractivity contribution in [3.05, 3.63) is 76.7 Å². The lowest BCUT2D eigenvalue weighted by Gasteiger charge is -2.10. The van der Waals surface area contributed by atoms with Crippen molar-refractivity contribution >= 4 is 5.82 Å². The predicted molar refractivity (Wildman–Crippen MR) is 127 cm³/mol. The molecule has 4 rings (SSSR count). The molecule has 0 saturated heterocycles. The second kappa shape index (κ2) is 10.4.